The van der Waals surface area contributed by atoms with Gasteiger partial charge in [-0.15, -0.1) is 0 Å². The quantitative estimate of drug-likeness (QED) is 0.328. The predicted molar refractivity (Wildman–Crippen MR) is 135 cm³/mol. The maximum Gasteiger partial charge on any atom is 0.203 e. The van der Waals surface area contributed by atoms with Gasteiger partial charge >= 0.3 is 0 Å². The second-order valence-electron chi connectivity index (χ2n) is 9.08. The van der Waals surface area contributed by atoms with Gasteiger partial charge in [-0.1, -0.05) is 22.9 Å². The molecule has 0 atom stereocenters. The lowest BCUT2D eigenvalue weighted by Crippen LogP contribution is -2.28. The van der Waals surface area contributed by atoms with E-state index in [0.717, 1.165) is 5.56 Å². The van der Waals surface area contributed by atoms with E-state index < -0.39 is 31.2 Å². The normalized spacial score (nSPS) is 18.8. The van der Waals surface area contributed by atoms with Crippen molar-refractivity contribution in [1.29, 1.82) is 0 Å². The molecule has 2 aromatic carbocycles. The molecule has 190 valence electrons. The average Bonchev–Trinajstić information content (AvgIpc) is 2.82. The van der Waals surface area contributed by atoms with Crippen LogP contribution in [0, 0.1) is 20.8 Å². The van der Waals surface area contributed by atoms with Crippen molar-refractivity contribution >= 4 is 37.0 Å². The topological polar surface area (TPSA) is 124 Å². The van der Waals surface area contributed by atoms with E-state index in [0.29, 0.717) is 23.3 Å². The van der Waals surface area contributed by atoms with Gasteiger partial charge in [0.1, 0.15) is 7.11 Å². The summed E-state index contributed by atoms with van der Waals surface area (Å²) in [6, 6.07) is 7.67. The first-order valence-corrected chi connectivity index (χ1v) is 14.6. The number of Topliss-reactive ketones (excluding diaryl/α,β-unsaturated/α-hetero) is 2. The Morgan fingerprint density at radius 3 is 2.33 bits per heavy atom. The Morgan fingerprint density at radius 2 is 1.69 bits per heavy atom. The minimum Gasteiger partial charge on any atom is -0.399 e. The van der Waals surface area contributed by atoms with E-state index in [1.165, 1.54) is 25.3 Å². The molecule has 10 heteroatoms. The zero-order valence-electron chi connectivity index (χ0n) is 20.5. The molecule has 0 fully saturated rings. The molecule has 1 heterocycles. The summed E-state index contributed by atoms with van der Waals surface area (Å²) in [4.78, 5) is 31.7. The Hall–Kier alpha value is -3.11. The minimum atomic E-state index is -4.09. The van der Waals surface area contributed by atoms with Gasteiger partial charge < -0.3 is 4.84 Å². The summed E-state index contributed by atoms with van der Waals surface area (Å²) in [7, 11) is -6.37. The fourth-order valence-electron chi connectivity index (χ4n) is 4.87. The molecule has 1 aliphatic carbocycles. The van der Waals surface area contributed by atoms with Gasteiger partial charge in [0.05, 0.1) is 31.7 Å². The molecular formula is C26H27NO7S2. The molecule has 0 radical (unpaired) electrons. The van der Waals surface area contributed by atoms with Gasteiger partial charge in [-0.25, -0.2) is 16.8 Å². The number of carbonyl (C=O) groups is 2. The fourth-order valence-corrected chi connectivity index (χ4v) is 8.33. The fraction of sp³-hybridized carbons (Fsp3) is 0.346. The Labute approximate surface area is 210 Å². The largest absolute Gasteiger partial charge is 0.399 e. The highest BCUT2D eigenvalue weighted by atomic mass is 32.2. The van der Waals surface area contributed by atoms with E-state index in [2.05, 4.69) is 5.16 Å². The smallest absolute Gasteiger partial charge is 0.203 e. The van der Waals surface area contributed by atoms with Crippen LogP contribution in [0.25, 0.3) is 0 Å². The summed E-state index contributed by atoms with van der Waals surface area (Å²) in [6.07, 6.45) is 0.551. The lowest BCUT2D eigenvalue weighted by Gasteiger charge is -2.25. The van der Waals surface area contributed by atoms with Crippen molar-refractivity contribution < 1.29 is 31.3 Å². The van der Waals surface area contributed by atoms with E-state index in [-0.39, 0.29) is 56.4 Å². The second kappa shape index (κ2) is 9.40. The molecule has 0 spiro atoms. The highest BCUT2D eigenvalue weighted by Crippen LogP contribution is 2.37. The van der Waals surface area contributed by atoms with Crippen molar-refractivity contribution in [3.63, 3.8) is 0 Å². The molecule has 0 saturated heterocycles. The van der Waals surface area contributed by atoms with Crippen molar-refractivity contribution in [2.45, 2.75) is 56.2 Å². The molecule has 0 bridgehead atoms. The van der Waals surface area contributed by atoms with Crippen LogP contribution in [-0.4, -0.2) is 47.0 Å². The van der Waals surface area contributed by atoms with Crippen LogP contribution in [0.2, 0.25) is 0 Å². The highest BCUT2D eigenvalue weighted by molar-refractivity contribution is 7.95. The number of sulfone groups is 2. The summed E-state index contributed by atoms with van der Waals surface area (Å²) in [5, 5.41) is 3.99. The summed E-state index contributed by atoms with van der Waals surface area (Å²) in [5.74, 6) is -1.41. The van der Waals surface area contributed by atoms with Crippen LogP contribution in [0.4, 0.5) is 0 Å². The van der Waals surface area contributed by atoms with E-state index >= 15 is 0 Å². The summed E-state index contributed by atoms with van der Waals surface area (Å²) >= 11 is 0. The molecule has 2 aromatic rings. The summed E-state index contributed by atoms with van der Waals surface area (Å²) in [6.45, 7) is 4.99. The number of allylic oxidation sites excluding steroid dienone is 2. The molecule has 4 rings (SSSR count). The maximum absolute atomic E-state index is 13.9. The van der Waals surface area contributed by atoms with Gasteiger partial charge in [-0.05, 0) is 62.9 Å². The Kier molecular flexibility index (Phi) is 6.78. The number of hydrogen-bond donors (Lipinski definition) is 0. The number of nitrogens with zero attached hydrogens (tertiary/aromatic N) is 1. The third kappa shape index (κ3) is 4.32. The number of aryl methyl sites for hydroxylation is 2. The highest BCUT2D eigenvalue weighted by Gasteiger charge is 2.38. The SMILES string of the molecule is CO/N=C1\CCS(=O)(=O)c2c(C)cc(C(=O)C3=C(S(=O)(=O)c4ccc(C)cc4)CCCC3=O)c(C)c21. The zero-order chi connectivity index (χ0) is 26.4. The summed E-state index contributed by atoms with van der Waals surface area (Å²) in [5.41, 5.74) is 1.91. The number of oxime groups is 1. The predicted octanol–water partition coefficient (Wildman–Crippen LogP) is 3.80. The molecule has 0 saturated carbocycles. The van der Waals surface area contributed by atoms with Crippen molar-refractivity contribution in [3.8, 4) is 0 Å². The number of fused-ring (bicyclic) bond motifs is 1. The van der Waals surface area contributed by atoms with Crippen LogP contribution in [-0.2, 0) is 29.3 Å². The molecule has 1 aliphatic heterocycles. The third-order valence-corrected chi connectivity index (χ3v) is 10.5. The van der Waals surface area contributed by atoms with Gasteiger partial charge in [-0.2, -0.15) is 0 Å². The van der Waals surface area contributed by atoms with Crippen LogP contribution in [0.1, 0.15) is 58.3 Å². The van der Waals surface area contributed by atoms with Crippen LogP contribution in [0.3, 0.4) is 0 Å². The number of ketones is 2. The molecule has 0 unspecified atom stereocenters. The Bertz CT molecular complexity index is 1560. The van der Waals surface area contributed by atoms with Crippen molar-refractivity contribution in [2.24, 2.45) is 5.16 Å². The first-order chi connectivity index (χ1) is 16.9. The first kappa shape index (κ1) is 26.0. The summed E-state index contributed by atoms with van der Waals surface area (Å²) < 4.78 is 52.8. The average molecular weight is 530 g/mol. The molecular weight excluding hydrogens is 502 g/mol. The van der Waals surface area contributed by atoms with E-state index in [9.17, 15) is 26.4 Å². The van der Waals surface area contributed by atoms with E-state index in [4.69, 9.17) is 4.84 Å². The number of rotatable bonds is 5. The van der Waals surface area contributed by atoms with Crippen LogP contribution in [0.5, 0.6) is 0 Å². The molecule has 0 N–H and O–H groups in total. The molecule has 0 aromatic heterocycles. The van der Waals surface area contributed by atoms with Gasteiger partial charge in [-0.3, -0.25) is 9.59 Å². The first-order valence-electron chi connectivity index (χ1n) is 11.5. The van der Waals surface area contributed by atoms with Gasteiger partial charge in [0.15, 0.2) is 21.4 Å². The maximum atomic E-state index is 13.9. The zero-order valence-corrected chi connectivity index (χ0v) is 22.2. The van der Waals surface area contributed by atoms with Crippen LogP contribution >= 0.6 is 0 Å². The van der Waals surface area contributed by atoms with Crippen molar-refractivity contribution in [1.82, 2.24) is 0 Å². The van der Waals surface area contributed by atoms with E-state index in [1.807, 2.05) is 6.92 Å². The van der Waals surface area contributed by atoms with Crippen molar-refractivity contribution in [2.75, 3.05) is 12.9 Å². The number of hydrogen-bond acceptors (Lipinski definition) is 8. The third-order valence-electron chi connectivity index (χ3n) is 6.63. The van der Waals surface area contributed by atoms with Gasteiger partial charge in [0.25, 0.3) is 0 Å². The second-order valence-corrected chi connectivity index (χ2v) is 13.1. The van der Waals surface area contributed by atoms with Crippen molar-refractivity contribution in [3.05, 3.63) is 68.6 Å². The number of benzene rings is 2. The van der Waals surface area contributed by atoms with Gasteiger partial charge in [0.2, 0.25) is 9.84 Å². The molecule has 36 heavy (non-hydrogen) atoms. The Balaban J connectivity index is 1.97. The lowest BCUT2D eigenvalue weighted by atomic mass is 9.86. The molecule has 0 amide bonds. The monoisotopic (exact) mass is 529 g/mol. The standard InChI is InChI=1S/C26H27NO7S2/c1-15-8-10-18(11-9-15)36(32,33)22-7-5-6-21(28)24(22)25(29)19-14-16(2)26-23(17(19)3)20(27-34-4)12-13-35(26,30)31/h8-11,14H,5-7,12-13H2,1-4H3/b27-20+. The van der Waals surface area contributed by atoms with Crippen LogP contribution in [0.15, 0.2) is 55.8 Å². The molecule has 8 nitrogen and oxygen atoms in total. The number of carbonyl (C=O) groups excluding carboxylic acids is 2. The van der Waals surface area contributed by atoms with Gasteiger partial charge in [0, 0.05) is 24.0 Å². The van der Waals surface area contributed by atoms with Crippen LogP contribution < -0.4 is 0 Å². The lowest BCUT2D eigenvalue weighted by molar-refractivity contribution is -0.115. The van der Waals surface area contributed by atoms with E-state index in [1.54, 1.807) is 26.0 Å². The Morgan fingerprint density at radius 1 is 1.03 bits per heavy atom. The minimum absolute atomic E-state index is 0.0158. The molecule has 2 aliphatic rings.